The van der Waals surface area contributed by atoms with Crippen LogP contribution in [0, 0.1) is 5.82 Å². The van der Waals surface area contributed by atoms with Crippen molar-refractivity contribution < 1.29 is 12.8 Å². The van der Waals surface area contributed by atoms with Gasteiger partial charge in [-0.15, -0.1) is 11.3 Å². The molecular formula is C15H11FN2O2S2. The van der Waals surface area contributed by atoms with Gasteiger partial charge in [0.05, 0.1) is 16.0 Å². The maximum Gasteiger partial charge on any atom is 0.175 e. The first kappa shape index (κ1) is 14.8. The lowest BCUT2D eigenvalue weighted by molar-refractivity contribution is 0.602. The van der Waals surface area contributed by atoms with Crippen molar-refractivity contribution in [2.45, 2.75) is 4.90 Å². The topological polar surface area (TPSA) is 59.9 Å². The van der Waals surface area contributed by atoms with Crippen LogP contribution in [-0.4, -0.2) is 24.6 Å². The van der Waals surface area contributed by atoms with Gasteiger partial charge in [0.1, 0.15) is 10.8 Å². The van der Waals surface area contributed by atoms with Gasteiger partial charge in [-0.05, 0) is 23.8 Å². The molecule has 0 saturated carbocycles. The van der Waals surface area contributed by atoms with E-state index in [-0.39, 0.29) is 4.90 Å². The Bertz CT molecular complexity index is 919. The van der Waals surface area contributed by atoms with Crippen molar-refractivity contribution in [1.82, 2.24) is 9.97 Å². The number of benzene rings is 1. The minimum Gasteiger partial charge on any atom is -0.261 e. The number of aromatic nitrogens is 2. The van der Waals surface area contributed by atoms with E-state index in [2.05, 4.69) is 9.97 Å². The maximum atomic E-state index is 13.2. The molecule has 0 amide bonds. The predicted octanol–water partition coefficient (Wildman–Crippen LogP) is 3.41. The van der Waals surface area contributed by atoms with Crippen molar-refractivity contribution in [3.63, 3.8) is 0 Å². The average Bonchev–Trinajstić information content (AvgIpc) is 2.96. The van der Waals surface area contributed by atoms with Gasteiger partial charge in [0.15, 0.2) is 9.84 Å². The summed E-state index contributed by atoms with van der Waals surface area (Å²) in [6.45, 7) is 0. The van der Waals surface area contributed by atoms with Crippen molar-refractivity contribution in [2.75, 3.05) is 6.26 Å². The summed E-state index contributed by atoms with van der Waals surface area (Å²) in [4.78, 5) is 9.22. The molecule has 0 atom stereocenters. The molecule has 0 bridgehead atoms. The van der Waals surface area contributed by atoms with Crippen LogP contribution in [0.1, 0.15) is 0 Å². The van der Waals surface area contributed by atoms with Gasteiger partial charge in [-0.2, -0.15) is 0 Å². The summed E-state index contributed by atoms with van der Waals surface area (Å²) in [6.07, 6.45) is 5.55. The van der Waals surface area contributed by atoms with Crippen molar-refractivity contribution in [1.29, 1.82) is 0 Å². The summed E-state index contributed by atoms with van der Waals surface area (Å²) >= 11 is 1.39. The highest BCUT2D eigenvalue weighted by Crippen LogP contribution is 2.32. The highest BCUT2D eigenvalue weighted by atomic mass is 32.2. The summed E-state index contributed by atoms with van der Waals surface area (Å²) in [5.74, 6) is -0.410. The van der Waals surface area contributed by atoms with Crippen molar-refractivity contribution >= 4 is 21.2 Å². The van der Waals surface area contributed by atoms with Gasteiger partial charge in [-0.3, -0.25) is 4.98 Å². The molecule has 0 aliphatic heterocycles. The molecule has 4 nitrogen and oxygen atoms in total. The molecule has 0 spiro atoms. The Balaban J connectivity index is 1.94. The van der Waals surface area contributed by atoms with Crippen LogP contribution < -0.4 is 0 Å². The van der Waals surface area contributed by atoms with Crippen LogP contribution in [0.5, 0.6) is 0 Å². The largest absolute Gasteiger partial charge is 0.261 e. The molecule has 3 rings (SSSR count). The van der Waals surface area contributed by atoms with E-state index in [0.29, 0.717) is 10.6 Å². The lowest BCUT2D eigenvalue weighted by atomic mass is 10.2. The normalized spacial score (nSPS) is 11.5. The van der Waals surface area contributed by atoms with Crippen molar-refractivity contribution in [3.05, 3.63) is 54.7 Å². The standard InChI is InChI=1S/C15H11FN2O2S2/c1-22(19,20)13-4-2-10(3-5-13)14-9-18-15(21-14)11-6-12(16)8-17-7-11/h2-9H,1H3. The van der Waals surface area contributed by atoms with Crippen molar-refractivity contribution in [3.8, 4) is 21.0 Å². The lowest BCUT2D eigenvalue weighted by Gasteiger charge is -2.00. The first-order chi connectivity index (χ1) is 10.4. The molecule has 2 heterocycles. The molecule has 0 aliphatic rings. The number of halogens is 1. The smallest absolute Gasteiger partial charge is 0.175 e. The second kappa shape index (κ2) is 5.58. The molecule has 22 heavy (non-hydrogen) atoms. The second-order valence-corrected chi connectivity index (χ2v) is 7.76. The molecule has 0 aliphatic carbocycles. The van der Waals surface area contributed by atoms with Crippen LogP contribution in [0.4, 0.5) is 4.39 Å². The van der Waals surface area contributed by atoms with Crippen LogP contribution >= 0.6 is 11.3 Å². The van der Waals surface area contributed by atoms with E-state index in [4.69, 9.17) is 0 Å². The Morgan fingerprint density at radius 3 is 2.41 bits per heavy atom. The fourth-order valence-corrected chi connectivity index (χ4v) is 3.47. The maximum absolute atomic E-state index is 13.2. The van der Waals surface area contributed by atoms with Crippen LogP contribution in [0.2, 0.25) is 0 Å². The highest BCUT2D eigenvalue weighted by Gasteiger charge is 2.10. The van der Waals surface area contributed by atoms with Gasteiger partial charge in [0.25, 0.3) is 0 Å². The Hall–Kier alpha value is -2.12. The van der Waals surface area contributed by atoms with Crippen molar-refractivity contribution in [2.24, 2.45) is 0 Å². The molecule has 0 saturated heterocycles. The van der Waals surface area contributed by atoms with Crippen LogP contribution in [0.15, 0.2) is 53.8 Å². The van der Waals surface area contributed by atoms with Gasteiger partial charge < -0.3 is 0 Å². The molecule has 7 heteroatoms. The molecule has 0 unspecified atom stereocenters. The number of thiazole rings is 1. The summed E-state index contributed by atoms with van der Waals surface area (Å²) in [7, 11) is -3.21. The SMILES string of the molecule is CS(=O)(=O)c1ccc(-c2cnc(-c3cncc(F)c3)s2)cc1. The van der Waals surface area contributed by atoms with Gasteiger partial charge in [-0.1, -0.05) is 12.1 Å². The number of pyridine rings is 1. The van der Waals surface area contributed by atoms with E-state index in [0.717, 1.165) is 16.6 Å². The average molecular weight is 334 g/mol. The first-order valence-electron chi connectivity index (χ1n) is 6.31. The van der Waals surface area contributed by atoms with Gasteiger partial charge in [0.2, 0.25) is 0 Å². The Labute approximate surface area is 131 Å². The number of nitrogens with zero attached hydrogens (tertiary/aromatic N) is 2. The summed E-state index contributed by atoms with van der Waals surface area (Å²) in [5.41, 5.74) is 1.48. The zero-order valence-corrected chi connectivity index (χ0v) is 13.2. The molecule has 0 fully saturated rings. The zero-order valence-electron chi connectivity index (χ0n) is 11.5. The first-order valence-corrected chi connectivity index (χ1v) is 9.01. The number of hydrogen-bond acceptors (Lipinski definition) is 5. The lowest BCUT2D eigenvalue weighted by Crippen LogP contribution is -1.95. The summed E-state index contributed by atoms with van der Waals surface area (Å²) in [5, 5.41) is 0.661. The van der Waals surface area contributed by atoms with Gasteiger partial charge in [0, 0.05) is 24.2 Å². The number of rotatable bonds is 3. The van der Waals surface area contributed by atoms with E-state index < -0.39 is 15.7 Å². The van der Waals surface area contributed by atoms with E-state index in [1.807, 2.05) is 0 Å². The zero-order chi connectivity index (χ0) is 15.7. The fraction of sp³-hybridized carbons (Fsp3) is 0.0667. The Morgan fingerprint density at radius 2 is 1.77 bits per heavy atom. The quantitative estimate of drug-likeness (QED) is 0.736. The Kier molecular flexibility index (Phi) is 3.76. The third kappa shape index (κ3) is 3.05. The fourth-order valence-electron chi connectivity index (χ4n) is 1.94. The van der Waals surface area contributed by atoms with E-state index >= 15 is 0 Å². The second-order valence-electron chi connectivity index (χ2n) is 4.72. The van der Waals surface area contributed by atoms with E-state index in [9.17, 15) is 12.8 Å². The summed E-state index contributed by atoms with van der Waals surface area (Å²) < 4.78 is 36.1. The molecular weight excluding hydrogens is 323 g/mol. The van der Waals surface area contributed by atoms with Crippen LogP contribution in [0.25, 0.3) is 21.0 Å². The van der Waals surface area contributed by atoms with Gasteiger partial charge >= 0.3 is 0 Å². The molecule has 112 valence electrons. The molecule has 2 aromatic heterocycles. The minimum absolute atomic E-state index is 0.273. The third-order valence-corrected chi connectivity index (χ3v) is 5.25. The molecule has 0 N–H and O–H groups in total. The summed E-state index contributed by atoms with van der Waals surface area (Å²) in [6, 6.07) is 7.97. The minimum atomic E-state index is -3.21. The number of sulfone groups is 1. The van der Waals surface area contributed by atoms with E-state index in [1.165, 1.54) is 23.7 Å². The monoisotopic (exact) mass is 334 g/mol. The predicted molar refractivity (Wildman–Crippen MR) is 83.8 cm³/mol. The van der Waals surface area contributed by atoms with Crippen LogP contribution in [0.3, 0.4) is 0 Å². The Morgan fingerprint density at radius 1 is 1.05 bits per heavy atom. The third-order valence-electron chi connectivity index (χ3n) is 3.02. The highest BCUT2D eigenvalue weighted by molar-refractivity contribution is 7.90. The van der Waals surface area contributed by atoms with Crippen LogP contribution in [-0.2, 0) is 9.84 Å². The molecule has 0 radical (unpaired) electrons. The van der Waals surface area contributed by atoms with Gasteiger partial charge in [-0.25, -0.2) is 17.8 Å². The van der Waals surface area contributed by atoms with E-state index in [1.54, 1.807) is 36.7 Å². The molecule has 3 aromatic rings. The molecule has 1 aromatic carbocycles. The number of hydrogen-bond donors (Lipinski definition) is 0.